The summed E-state index contributed by atoms with van der Waals surface area (Å²) in [7, 11) is 0. The summed E-state index contributed by atoms with van der Waals surface area (Å²) >= 11 is 0. The third kappa shape index (κ3) is 2.91. The van der Waals surface area contributed by atoms with Crippen molar-refractivity contribution in [3.63, 3.8) is 0 Å². The van der Waals surface area contributed by atoms with Crippen LogP contribution in [-0.4, -0.2) is 10.9 Å². The predicted molar refractivity (Wildman–Crippen MR) is 126 cm³/mol. The average Bonchev–Trinajstić information content (AvgIpc) is 3.27. The minimum atomic E-state index is -0.128. The van der Waals surface area contributed by atoms with Gasteiger partial charge in [-0.1, -0.05) is 79.9 Å². The molecule has 1 N–H and O–H groups in total. The Morgan fingerprint density at radius 2 is 1.48 bits per heavy atom. The number of fused-ring (bicyclic) bond motifs is 4. The Kier molecular flexibility index (Phi) is 4.41. The van der Waals surface area contributed by atoms with Gasteiger partial charge < -0.3 is 4.98 Å². The van der Waals surface area contributed by atoms with Crippen LogP contribution in [0.3, 0.4) is 0 Å². The van der Waals surface area contributed by atoms with Crippen molar-refractivity contribution < 1.29 is 4.79 Å². The molecule has 31 heavy (non-hydrogen) atoms. The lowest BCUT2D eigenvalue weighted by Crippen LogP contribution is -2.42. The summed E-state index contributed by atoms with van der Waals surface area (Å²) in [5.41, 5.74) is 6.89. The van der Waals surface area contributed by atoms with Gasteiger partial charge in [-0.25, -0.2) is 0 Å². The maximum atomic E-state index is 14.1. The number of hydrogen-bond donors (Lipinski definition) is 1. The molecule has 1 aliphatic heterocycles. The quantitative estimate of drug-likeness (QED) is 0.388. The number of hydrogen-bond acceptors (Lipinski definition) is 1. The maximum Gasteiger partial charge on any atom is 0.230 e. The molecule has 1 atom stereocenters. The van der Waals surface area contributed by atoms with Crippen molar-refractivity contribution in [2.24, 2.45) is 5.92 Å². The maximum absolute atomic E-state index is 14.1. The van der Waals surface area contributed by atoms with Crippen LogP contribution in [0.4, 0.5) is 5.69 Å². The number of H-pyrrole nitrogens is 1. The van der Waals surface area contributed by atoms with Gasteiger partial charge in [0.2, 0.25) is 5.91 Å². The van der Waals surface area contributed by atoms with E-state index < -0.39 is 0 Å². The van der Waals surface area contributed by atoms with Crippen LogP contribution in [0, 0.1) is 5.92 Å². The Labute approximate surface area is 182 Å². The minimum Gasteiger partial charge on any atom is -0.361 e. The van der Waals surface area contributed by atoms with Crippen LogP contribution in [0.1, 0.15) is 49.3 Å². The molecule has 1 fully saturated rings. The first-order chi connectivity index (χ1) is 15.3. The van der Waals surface area contributed by atoms with Crippen molar-refractivity contribution in [2.75, 3.05) is 4.90 Å². The van der Waals surface area contributed by atoms with Crippen molar-refractivity contribution in [3.8, 4) is 11.1 Å². The molecule has 2 aliphatic rings. The van der Waals surface area contributed by atoms with Crippen molar-refractivity contribution in [2.45, 2.75) is 38.1 Å². The van der Waals surface area contributed by atoms with Crippen molar-refractivity contribution in [1.82, 2.24) is 4.98 Å². The number of nitrogens with zero attached hydrogens (tertiary/aromatic N) is 1. The summed E-state index contributed by atoms with van der Waals surface area (Å²) < 4.78 is 0. The first-order valence-electron chi connectivity index (χ1n) is 11.4. The highest BCUT2D eigenvalue weighted by Crippen LogP contribution is 2.49. The van der Waals surface area contributed by atoms with Gasteiger partial charge in [-0.15, -0.1) is 0 Å². The van der Waals surface area contributed by atoms with Crippen molar-refractivity contribution in [3.05, 3.63) is 90.1 Å². The van der Waals surface area contributed by atoms with E-state index in [-0.39, 0.29) is 17.9 Å². The number of para-hydroxylation sites is 2. The van der Waals surface area contributed by atoms with E-state index in [0.717, 1.165) is 42.5 Å². The minimum absolute atomic E-state index is 0.111. The van der Waals surface area contributed by atoms with Crippen LogP contribution < -0.4 is 4.90 Å². The molecular formula is C28H26N2O. The number of anilines is 1. The lowest BCUT2D eigenvalue weighted by molar-refractivity contribution is -0.123. The number of rotatable bonds is 2. The normalized spacial score (nSPS) is 18.6. The van der Waals surface area contributed by atoms with E-state index in [9.17, 15) is 4.79 Å². The summed E-state index contributed by atoms with van der Waals surface area (Å²) in [5.74, 6) is 0.386. The monoisotopic (exact) mass is 406 g/mol. The number of aromatic nitrogens is 1. The van der Waals surface area contributed by atoms with E-state index in [4.69, 9.17) is 0 Å². The largest absolute Gasteiger partial charge is 0.361 e. The fourth-order valence-corrected chi connectivity index (χ4v) is 5.59. The SMILES string of the molecule is O=C(C1CCCCC1)N1c2ccccc2-c2ccccc2C1c1c[nH]c2ccccc12. The third-order valence-electron chi connectivity index (χ3n) is 7.08. The second kappa shape index (κ2) is 7.42. The second-order valence-electron chi connectivity index (χ2n) is 8.84. The van der Waals surface area contributed by atoms with Gasteiger partial charge in [0.1, 0.15) is 0 Å². The number of carbonyl (C=O) groups is 1. The molecule has 1 aromatic heterocycles. The van der Waals surface area contributed by atoms with Gasteiger partial charge in [-0.05, 0) is 36.1 Å². The first-order valence-corrected chi connectivity index (χ1v) is 11.4. The number of benzene rings is 3. The van der Waals surface area contributed by atoms with Crippen LogP contribution in [0.5, 0.6) is 0 Å². The average molecular weight is 407 g/mol. The van der Waals surface area contributed by atoms with Crippen LogP contribution in [-0.2, 0) is 4.79 Å². The van der Waals surface area contributed by atoms with E-state index in [0.29, 0.717) is 0 Å². The van der Waals surface area contributed by atoms with Gasteiger partial charge in [0, 0.05) is 34.1 Å². The molecule has 4 aromatic rings. The molecule has 1 amide bonds. The summed E-state index contributed by atoms with van der Waals surface area (Å²) in [6, 6.07) is 25.3. The van der Waals surface area contributed by atoms with E-state index >= 15 is 0 Å². The number of nitrogens with one attached hydrogen (secondary N) is 1. The number of carbonyl (C=O) groups excluding carboxylic acids is 1. The van der Waals surface area contributed by atoms with E-state index in [1.165, 1.54) is 28.5 Å². The fourth-order valence-electron chi connectivity index (χ4n) is 5.59. The molecule has 3 aromatic carbocycles. The Bertz CT molecular complexity index is 1260. The van der Waals surface area contributed by atoms with Crippen LogP contribution in [0.15, 0.2) is 79.0 Å². The third-order valence-corrected chi connectivity index (χ3v) is 7.08. The van der Waals surface area contributed by atoms with Crippen LogP contribution in [0.2, 0.25) is 0 Å². The molecule has 0 bridgehead atoms. The highest BCUT2D eigenvalue weighted by molar-refractivity contribution is 6.04. The smallest absolute Gasteiger partial charge is 0.230 e. The Morgan fingerprint density at radius 3 is 2.35 bits per heavy atom. The highest BCUT2D eigenvalue weighted by atomic mass is 16.2. The number of amides is 1. The molecule has 2 heterocycles. The molecule has 0 saturated heterocycles. The Morgan fingerprint density at radius 1 is 0.774 bits per heavy atom. The first kappa shape index (κ1) is 18.4. The molecule has 0 spiro atoms. The molecule has 6 rings (SSSR count). The summed E-state index contributed by atoms with van der Waals surface area (Å²) in [4.78, 5) is 19.6. The molecule has 0 radical (unpaired) electrons. The van der Waals surface area contributed by atoms with Gasteiger partial charge in [0.15, 0.2) is 0 Å². The topological polar surface area (TPSA) is 36.1 Å². The van der Waals surface area contributed by atoms with Crippen LogP contribution in [0.25, 0.3) is 22.0 Å². The molecule has 1 saturated carbocycles. The Hall–Kier alpha value is -3.33. The Balaban J connectivity index is 1.60. The van der Waals surface area contributed by atoms with Gasteiger partial charge in [-0.3, -0.25) is 9.69 Å². The number of aromatic amines is 1. The molecule has 154 valence electrons. The zero-order chi connectivity index (χ0) is 20.8. The van der Waals surface area contributed by atoms with Gasteiger partial charge in [0.05, 0.1) is 11.7 Å². The summed E-state index contributed by atoms with van der Waals surface area (Å²) in [6.07, 6.45) is 7.65. The summed E-state index contributed by atoms with van der Waals surface area (Å²) in [6.45, 7) is 0. The standard InChI is InChI=1S/C28H26N2O/c31-28(19-10-2-1-3-11-19)30-26-17-9-7-14-22(26)20-12-4-5-15-23(20)27(30)24-18-29-25-16-8-6-13-21(24)25/h4-9,12-19,27,29H,1-3,10-11H2. The lowest BCUT2D eigenvalue weighted by atomic mass is 9.82. The van der Waals surface area contributed by atoms with Crippen molar-refractivity contribution in [1.29, 1.82) is 0 Å². The highest BCUT2D eigenvalue weighted by Gasteiger charge is 2.39. The molecule has 1 unspecified atom stereocenters. The van der Waals surface area contributed by atoms with E-state index in [1.54, 1.807) is 0 Å². The van der Waals surface area contributed by atoms with Crippen LogP contribution >= 0.6 is 0 Å². The lowest BCUT2D eigenvalue weighted by Gasteiger charge is -2.41. The zero-order valence-electron chi connectivity index (χ0n) is 17.6. The second-order valence-corrected chi connectivity index (χ2v) is 8.84. The fraction of sp³-hybridized carbons (Fsp3) is 0.250. The zero-order valence-corrected chi connectivity index (χ0v) is 17.6. The van der Waals surface area contributed by atoms with Crippen molar-refractivity contribution >= 4 is 22.5 Å². The van der Waals surface area contributed by atoms with Gasteiger partial charge >= 0.3 is 0 Å². The van der Waals surface area contributed by atoms with E-state index in [1.807, 2.05) is 0 Å². The van der Waals surface area contributed by atoms with Gasteiger partial charge in [-0.2, -0.15) is 0 Å². The van der Waals surface area contributed by atoms with Gasteiger partial charge in [0.25, 0.3) is 0 Å². The molecular weight excluding hydrogens is 380 g/mol. The van der Waals surface area contributed by atoms with E-state index in [2.05, 4.69) is 88.9 Å². The predicted octanol–water partition coefficient (Wildman–Crippen LogP) is 6.85. The molecule has 1 aliphatic carbocycles. The molecule has 3 nitrogen and oxygen atoms in total. The molecule has 3 heteroatoms. The summed E-state index contributed by atoms with van der Waals surface area (Å²) in [5, 5.41) is 1.18.